The van der Waals surface area contributed by atoms with Crippen molar-refractivity contribution in [3.63, 3.8) is 0 Å². The van der Waals surface area contributed by atoms with Gasteiger partial charge in [-0.05, 0) is 91.3 Å². The topological polar surface area (TPSA) is 137 Å². The molecule has 2 N–H and O–H groups in total. The second-order valence-corrected chi connectivity index (χ2v) is 10.3. The van der Waals surface area contributed by atoms with E-state index in [4.69, 9.17) is 35.8 Å². The van der Waals surface area contributed by atoms with Crippen LogP contribution < -0.4 is 14.8 Å². The van der Waals surface area contributed by atoms with Crippen LogP contribution in [0.1, 0.15) is 34.1 Å². The molecular weight excluding hydrogens is 598 g/mol. The number of rotatable bonds is 10. The molecule has 0 spiro atoms. The largest absolute Gasteiger partial charge is 0.497 e. The quantitative estimate of drug-likeness (QED) is 0.159. The number of halogens is 1. The number of hydrogen-bond donors (Lipinski definition) is 2. The Hall–Kier alpha value is -5.48. The van der Waals surface area contributed by atoms with Crippen LogP contribution in [0.3, 0.4) is 0 Å². The van der Waals surface area contributed by atoms with E-state index >= 15 is 0 Å². The van der Waals surface area contributed by atoms with Crippen molar-refractivity contribution in [3.05, 3.63) is 101 Å². The summed E-state index contributed by atoms with van der Waals surface area (Å²) in [7, 11) is 3.19. The number of benzene rings is 4. The summed E-state index contributed by atoms with van der Waals surface area (Å²) in [4.78, 5) is 47.3. The predicted molar refractivity (Wildman–Crippen MR) is 170 cm³/mol. The molecule has 0 aliphatic rings. The molecule has 0 radical (unpaired) electrons. The van der Waals surface area contributed by atoms with Gasteiger partial charge in [0.15, 0.2) is 6.10 Å². The number of carbonyl (C=O) groups is 3. The Kier molecular flexibility index (Phi) is 9.25. The Balaban J connectivity index is 1.45. The van der Waals surface area contributed by atoms with Gasteiger partial charge in [0.25, 0.3) is 5.91 Å². The smallest absolute Gasteiger partial charge is 0.338 e. The molecule has 45 heavy (non-hydrogen) atoms. The number of fused-ring (bicyclic) bond motifs is 1. The highest BCUT2D eigenvalue weighted by atomic mass is 35.5. The third-order valence-corrected chi connectivity index (χ3v) is 7.34. The van der Waals surface area contributed by atoms with Crippen molar-refractivity contribution in [2.75, 3.05) is 19.5 Å². The van der Waals surface area contributed by atoms with Gasteiger partial charge in [-0.15, -0.1) is 0 Å². The molecule has 4 aromatic carbocycles. The Labute approximate surface area is 263 Å². The van der Waals surface area contributed by atoms with Crippen molar-refractivity contribution in [3.8, 4) is 34.0 Å². The lowest BCUT2D eigenvalue weighted by atomic mass is 10.0. The number of carboxylic acids is 1. The van der Waals surface area contributed by atoms with Crippen molar-refractivity contribution in [1.29, 1.82) is 0 Å². The molecule has 5 rings (SSSR count). The van der Waals surface area contributed by atoms with Crippen LogP contribution in [0.15, 0.2) is 84.9 Å². The molecule has 1 heterocycles. The number of hydrogen-bond acceptors (Lipinski definition) is 8. The molecule has 5 aromatic rings. The van der Waals surface area contributed by atoms with Gasteiger partial charge in [-0.3, -0.25) is 4.79 Å². The maximum atomic E-state index is 13.2. The van der Waals surface area contributed by atoms with E-state index in [1.54, 1.807) is 39.3 Å². The van der Waals surface area contributed by atoms with Gasteiger partial charge in [-0.1, -0.05) is 18.5 Å². The summed E-state index contributed by atoms with van der Waals surface area (Å²) in [6, 6.07) is 23.6. The molecule has 0 aliphatic carbocycles. The summed E-state index contributed by atoms with van der Waals surface area (Å²) >= 11 is 6.15. The second kappa shape index (κ2) is 13.4. The highest BCUT2D eigenvalue weighted by molar-refractivity contribution is 6.34. The van der Waals surface area contributed by atoms with E-state index in [1.165, 1.54) is 18.2 Å². The number of carbonyl (C=O) groups excluding carboxylic acids is 2. The molecular formula is C34H28ClN3O7. The highest BCUT2D eigenvalue weighted by Crippen LogP contribution is 2.33. The van der Waals surface area contributed by atoms with E-state index in [2.05, 4.69) is 5.32 Å². The molecule has 0 saturated heterocycles. The number of amides is 1. The zero-order chi connectivity index (χ0) is 32.1. The molecule has 1 atom stereocenters. The lowest BCUT2D eigenvalue weighted by Crippen LogP contribution is -2.32. The van der Waals surface area contributed by atoms with Crippen molar-refractivity contribution in [2.45, 2.75) is 19.4 Å². The van der Waals surface area contributed by atoms with Crippen LogP contribution in [0, 0.1) is 0 Å². The minimum Gasteiger partial charge on any atom is -0.497 e. The first-order valence-corrected chi connectivity index (χ1v) is 14.2. The first kappa shape index (κ1) is 31.0. The summed E-state index contributed by atoms with van der Waals surface area (Å²) in [5, 5.41) is 12.0. The minimum atomic E-state index is -1.17. The van der Waals surface area contributed by atoms with E-state index < -0.39 is 23.9 Å². The summed E-state index contributed by atoms with van der Waals surface area (Å²) in [5.74, 6) is -1.17. The van der Waals surface area contributed by atoms with E-state index in [1.807, 2.05) is 48.5 Å². The number of aromatic carboxylic acids is 1. The number of anilines is 1. The van der Waals surface area contributed by atoms with Crippen LogP contribution in [0.5, 0.6) is 11.5 Å². The molecule has 10 nitrogen and oxygen atoms in total. The van der Waals surface area contributed by atoms with E-state index in [9.17, 15) is 19.5 Å². The summed E-state index contributed by atoms with van der Waals surface area (Å²) < 4.78 is 16.2. The number of carboxylic acid groups (broad SMARTS) is 1. The van der Waals surface area contributed by atoms with Crippen LogP contribution in [0.2, 0.25) is 5.02 Å². The molecule has 0 saturated carbocycles. The molecule has 0 bridgehead atoms. The van der Waals surface area contributed by atoms with Crippen LogP contribution in [0.4, 0.5) is 5.69 Å². The predicted octanol–water partition coefficient (Wildman–Crippen LogP) is 6.91. The van der Waals surface area contributed by atoms with Gasteiger partial charge in [0, 0.05) is 11.1 Å². The van der Waals surface area contributed by atoms with Crippen molar-refractivity contribution in [1.82, 2.24) is 9.97 Å². The van der Waals surface area contributed by atoms with Crippen molar-refractivity contribution in [2.24, 2.45) is 0 Å². The Morgan fingerprint density at radius 2 is 1.33 bits per heavy atom. The van der Waals surface area contributed by atoms with Crippen LogP contribution in [0.25, 0.3) is 33.5 Å². The van der Waals surface area contributed by atoms with Gasteiger partial charge in [0.1, 0.15) is 11.5 Å². The third-order valence-electron chi connectivity index (χ3n) is 7.01. The SMILES string of the molecule is CCC(OC(=O)c1ccc2nc(-c3ccc(OC)cc3)c(-c3ccc(OC)cc3)nc2c1)C(=O)Nc1cc(C(=O)O)ccc1Cl. The van der Waals surface area contributed by atoms with E-state index in [0.717, 1.165) is 11.1 Å². The number of ether oxygens (including phenoxy) is 3. The fraction of sp³-hybridized carbons (Fsp3) is 0.147. The monoisotopic (exact) mass is 625 g/mol. The number of nitrogens with zero attached hydrogens (tertiary/aromatic N) is 2. The Morgan fingerprint density at radius 1 is 0.778 bits per heavy atom. The fourth-order valence-electron chi connectivity index (χ4n) is 4.57. The maximum Gasteiger partial charge on any atom is 0.338 e. The average Bonchev–Trinajstić information content (AvgIpc) is 3.07. The molecule has 0 aliphatic heterocycles. The first-order chi connectivity index (χ1) is 21.7. The molecule has 228 valence electrons. The summed E-state index contributed by atoms with van der Waals surface area (Å²) in [5.41, 5.74) is 4.05. The zero-order valence-corrected chi connectivity index (χ0v) is 25.3. The Morgan fingerprint density at radius 3 is 1.87 bits per heavy atom. The summed E-state index contributed by atoms with van der Waals surface area (Å²) in [6.45, 7) is 1.68. The number of esters is 1. The number of aromatic nitrogens is 2. The van der Waals surface area contributed by atoms with E-state index in [-0.39, 0.29) is 28.3 Å². The average molecular weight is 626 g/mol. The van der Waals surface area contributed by atoms with Gasteiger partial charge in [0.2, 0.25) is 0 Å². The molecule has 1 aromatic heterocycles. The first-order valence-electron chi connectivity index (χ1n) is 13.9. The minimum absolute atomic E-state index is 0.0545. The number of nitrogens with one attached hydrogen (secondary N) is 1. The normalized spacial score (nSPS) is 11.5. The van der Waals surface area contributed by atoms with Gasteiger partial charge in [0.05, 0.1) is 58.5 Å². The lowest BCUT2D eigenvalue weighted by molar-refractivity contribution is -0.124. The zero-order valence-electron chi connectivity index (χ0n) is 24.5. The van der Waals surface area contributed by atoms with Gasteiger partial charge in [-0.25, -0.2) is 19.6 Å². The maximum absolute atomic E-state index is 13.2. The fourth-order valence-corrected chi connectivity index (χ4v) is 4.73. The highest BCUT2D eigenvalue weighted by Gasteiger charge is 2.24. The second-order valence-electron chi connectivity index (χ2n) is 9.87. The number of methoxy groups -OCH3 is 2. The van der Waals surface area contributed by atoms with Crippen LogP contribution >= 0.6 is 11.6 Å². The van der Waals surface area contributed by atoms with Crippen molar-refractivity contribution >= 4 is 46.2 Å². The van der Waals surface area contributed by atoms with E-state index in [0.29, 0.717) is 33.9 Å². The Bertz CT molecular complexity index is 1890. The standard InChI is InChI=1S/C34H28ClN3O7/c1-4-29(32(39)38-27-17-21(33(40)41)9-15-25(27)35)45-34(42)22-10-16-26-28(18-22)37-31(20-7-13-24(44-3)14-8-20)30(36-26)19-5-11-23(43-2)12-6-19/h5-18,29H,4H2,1-3H3,(H,38,39)(H,40,41). The van der Waals surface area contributed by atoms with Gasteiger partial charge < -0.3 is 24.6 Å². The van der Waals surface area contributed by atoms with Gasteiger partial charge >= 0.3 is 11.9 Å². The van der Waals surface area contributed by atoms with Crippen LogP contribution in [-0.4, -0.2) is 53.2 Å². The summed E-state index contributed by atoms with van der Waals surface area (Å²) in [6.07, 6.45) is -1.01. The lowest BCUT2D eigenvalue weighted by Gasteiger charge is -2.17. The molecule has 1 amide bonds. The van der Waals surface area contributed by atoms with Gasteiger partial charge in [-0.2, -0.15) is 0 Å². The molecule has 1 unspecified atom stereocenters. The van der Waals surface area contributed by atoms with Crippen molar-refractivity contribution < 1.29 is 33.7 Å². The molecule has 0 fully saturated rings. The third kappa shape index (κ3) is 6.86. The molecule has 11 heteroatoms. The van der Waals surface area contributed by atoms with Crippen LogP contribution in [-0.2, 0) is 9.53 Å².